The van der Waals surface area contributed by atoms with E-state index in [1.54, 1.807) is 24.5 Å². The van der Waals surface area contributed by atoms with Crippen LogP contribution in [-0.2, 0) is 6.42 Å². The van der Waals surface area contributed by atoms with Gasteiger partial charge in [0.15, 0.2) is 0 Å². The molecular weight excluding hydrogens is 242 g/mol. The van der Waals surface area contributed by atoms with Gasteiger partial charge in [-0.15, -0.1) is 0 Å². The molecule has 5 heteroatoms. The third-order valence-corrected chi connectivity index (χ3v) is 3.08. The summed E-state index contributed by atoms with van der Waals surface area (Å²) < 4.78 is 0. The molecule has 2 heterocycles. The Balaban J connectivity index is 2.04. The van der Waals surface area contributed by atoms with Crippen LogP contribution in [0.25, 0.3) is 10.9 Å². The fourth-order valence-corrected chi connectivity index (χ4v) is 2.15. The Bertz CT molecular complexity index is 735. The van der Waals surface area contributed by atoms with Gasteiger partial charge >= 0.3 is 0 Å². The minimum Gasteiger partial charge on any atom is -0.361 e. The normalized spacial score (nSPS) is 10.7. The number of hydrogen-bond acceptors (Lipinski definition) is 3. The topological polar surface area (TPSA) is 71.8 Å². The van der Waals surface area contributed by atoms with Gasteiger partial charge in [0.25, 0.3) is 5.69 Å². The van der Waals surface area contributed by atoms with Crippen LogP contribution >= 0.6 is 0 Å². The summed E-state index contributed by atoms with van der Waals surface area (Å²) in [6, 6.07) is 8.72. The van der Waals surface area contributed by atoms with Crippen molar-refractivity contribution in [3.63, 3.8) is 0 Å². The van der Waals surface area contributed by atoms with Crippen molar-refractivity contribution in [1.82, 2.24) is 9.97 Å². The van der Waals surface area contributed by atoms with Gasteiger partial charge in [0.05, 0.1) is 4.92 Å². The van der Waals surface area contributed by atoms with E-state index in [9.17, 15) is 10.1 Å². The third-order valence-electron chi connectivity index (χ3n) is 3.08. The number of aromatic nitrogens is 2. The van der Waals surface area contributed by atoms with Crippen molar-refractivity contribution in [2.75, 3.05) is 0 Å². The Kier molecular flexibility index (Phi) is 2.72. The van der Waals surface area contributed by atoms with Crippen molar-refractivity contribution >= 4 is 16.6 Å². The van der Waals surface area contributed by atoms with E-state index < -0.39 is 0 Å². The molecule has 0 fully saturated rings. The van der Waals surface area contributed by atoms with Gasteiger partial charge in [0, 0.05) is 48.0 Å². The summed E-state index contributed by atoms with van der Waals surface area (Å²) in [5.74, 6) is 0. The number of rotatable bonds is 3. The maximum Gasteiger partial charge on any atom is 0.270 e. The van der Waals surface area contributed by atoms with Crippen molar-refractivity contribution in [3.8, 4) is 0 Å². The molecule has 94 valence electrons. The van der Waals surface area contributed by atoms with Crippen LogP contribution in [0.5, 0.6) is 0 Å². The van der Waals surface area contributed by atoms with E-state index >= 15 is 0 Å². The van der Waals surface area contributed by atoms with Crippen LogP contribution < -0.4 is 0 Å². The van der Waals surface area contributed by atoms with Crippen LogP contribution in [0.15, 0.2) is 48.9 Å². The van der Waals surface area contributed by atoms with E-state index in [4.69, 9.17) is 0 Å². The summed E-state index contributed by atoms with van der Waals surface area (Å²) in [6.07, 6.45) is 6.12. The predicted molar refractivity (Wildman–Crippen MR) is 72.0 cm³/mol. The lowest BCUT2D eigenvalue weighted by Crippen LogP contribution is -1.89. The molecule has 0 aliphatic heterocycles. The van der Waals surface area contributed by atoms with Crippen LogP contribution in [-0.4, -0.2) is 14.9 Å². The summed E-state index contributed by atoms with van der Waals surface area (Å²) >= 11 is 0. The molecule has 0 saturated carbocycles. The Morgan fingerprint density at radius 1 is 1.32 bits per heavy atom. The number of nitrogens with zero attached hydrogens (tertiary/aromatic N) is 2. The zero-order chi connectivity index (χ0) is 13.2. The Morgan fingerprint density at radius 2 is 2.21 bits per heavy atom. The molecule has 0 atom stereocenters. The second kappa shape index (κ2) is 4.53. The Labute approximate surface area is 109 Å². The summed E-state index contributed by atoms with van der Waals surface area (Å²) in [7, 11) is 0. The number of benzene rings is 1. The third kappa shape index (κ3) is 2.18. The first-order valence-electron chi connectivity index (χ1n) is 5.87. The fourth-order valence-electron chi connectivity index (χ4n) is 2.15. The van der Waals surface area contributed by atoms with Gasteiger partial charge in [-0.1, -0.05) is 6.07 Å². The smallest absolute Gasteiger partial charge is 0.270 e. The standard InChI is InChI=1S/C14H11N3O2/c18-17(19)12-3-4-14-13(7-12)11(9-16-14)6-10-2-1-5-15-8-10/h1-5,7-9,16H,6H2. The van der Waals surface area contributed by atoms with Crippen LogP contribution in [0.1, 0.15) is 11.1 Å². The number of aromatic amines is 1. The molecule has 3 rings (SSSR count). The van der Waals surface area contributed by atoms with Gasteiger partial charge in [0.1, 0.15) is 0 Å². The minimum absolute atomic E-state index is 0.111. The highest BCUT2D eigenvalue weighted by atomic mass is 16.6. The van der Waals surface area contributed by atoms with Crippen LogP contribution in [0.2, 0.25) is 0 Å². The zero-order valence-corrected chi connectivity index (χ0v) is 10.0. The summed E-state index contributed by atoms with van der Waals surface area (Å²) in [5.41, 5.74) is 3.13. The highest BCUT2D eigenvalue weighted by molar-refractivity contribution is 5.85. The average molecular weight is 253 g/mol. The van der Waals surface area contributed by atoms with E-state index in [0.29, 0.717) is 6.42 Å². The molecule has 0 bridgehead atoms. The molecule has 3 aromatic rings. The number of nitrogens with one attached hydrogen (secondary N) is 1. The van der Waals surface area contributed by atoms with Gasteiger partial charge in [0.2, 0.25) is 0 Å². The molecule has 0 amide bonds. The molecule has 2 aromatic heterocycles. The molecule has 1 N–H and O–H groups in total. The summed E-state index contributed by atoms with van der Waals surface area (Å²) in [4.78, 5) is 17.7. The van der Waals surface area contributed by atoms with Crippen LogP contribution in [0, 0.1) is 10.1 Å². The minimum atomic E-state index is -0.375. The number of hydrogen-bond donors (Lipinski definition) is 1. The molecule has 5 nitrogen and oxygen atoms in total. The van der Waals surface area contributed by atoms with Gasteiger partial charge in [-0.3, -0.25) is 15.1 Å². The van der Waals surface area contributed by atoms with E-state index in [1.807, 2.05) is 18.3 Å². The lowest BCUT2D eigenvalue weighted by atomic mass is 10.1. The molecule has 0 aliphatic carbocycles. The summed E-state index contributed by atoms with van der Waals surface area (Å²) in [6.45, 7) is 0. The number of fused-ring (bicyclic) bond motifs is 1. The highest BCUT2D eigenvalue weighted by Gasteiger charge is 2.10. The van der Waals surface area contributed by atoms with E-state index in [2.05, 4.69) is 9.97 Å². The van der Waals surface area contributed by atoms with Crippen molar-refractivity contribution in [1.29, 1.82) is 0 Å². The van der Waals surface area contributed by atoms with Crippen molar-refractivity contribution in [3.05, 3.63) is 70.2 Å². The Morgan fingerprint density at radius 3 is 2.95 bits per heavy atom. The highest BCUT2D eigenvalue weighted by Crippen LogP contribution is 2.25. The maximum atomic E-state index is 10.8. The molecule has 0 saturated heterocycles. The van der Waals surface area contributed by atoms with Gasteiger partial charge in [-0.25, -0.2) is 0 Å². The van der Waals surface area contributed by atoms with Crippen molar-refractivity contribution < 1.29 is 4.92 Å². The quantitative estimate of drug-likeness (QED) is 0.576. The molecule has 0 unspecified atom stereocenters. The lowest BCUT2D eigenvalue weighted by Gasteiger charge is -1.99. The molecule has 19 heavy (non-hydrogen) atoms. The largest absolute Gasteiger partial charge is 0.361 e. The number of nitro groups is 1. The zero-order valence-electron chi connectivity index (χ0n) is 10.0. The lowest BCUT2D eigenvalue weighted by molar-refractivity contribution is -0.384. The molecule has 1 aromatic carbocycles. The summed E-state index contributed by atoms with van der Waals surface area (Å²) in [5, 5.41) is 11.7. The average Bonchev–Trinajstić information content (AvgIpc) is 2.82. The van der Waals surface area contributed by atoms with Crippen molar-refractivity contribution in [2.24, 2.45) is 0 Å². The first-order valence-corrected chi connectivity index (χ1v) is 5.87. The van der Waals surface area contributed by atoms with E-state index in [0.717, 1.165) is 22.0 Å². The number of pyridine rings is 1. The van der Waals surface area contributed by atoms with E-state index in [1.165, 1.54) is 6.07 Å². The van der Waals surface area contributed by atoms with Gasteiger partial charge < -0.3 is 4.98 Å². The Hall–Kier alpha value is -2.69. The number of H-pyrrole nitrogens is 1. The van der Waals surface area contributed by atoms with Gasteiger partial charge in [-0.05, 0) is 23.3 Å². The first kappa shape index (κ1) is 11.4. The fraction of sp³-hybridized carbons (Fsp3) is 0.0714. The number of nitro benzene ring substituents is 1. The number of non-ortho nitro benzene ring substituents is 1. The first-order chi connectivity index (χ1) is 9.24. The molecule has 0 aliphatic rings. The van der Waals surface area contributed by atoms with Gasteiger partial charge in [-0.2, -0.15) is 0 Å². The second-order valence-electron chi connectivity index (χ2n) is 4.34. The van der Waals surface area contributed by atoms with Crippen LogP contribution in [0.3, 0.4) is 0 Å². The van der Waals surface area contributed by atoms with Crippen molar-refractivity contribution in [2.45, 2.75) is 6.42 Å². The predicted octanol–water partition coefficient (Wildman–Crippen LogP) is 3.06. The monoisotopic (exact) mass is 253 g/mol. The molecular formula is C14H11N3O2. The van der Waals surface area contributed by atoms with Crippen LogP contribution in [0.4, 0.5) is 5.69 Å². The SMILES string of the molecule is O=[N+]([O-])c1ccc2[nH]cc(Cc3cccnc3)c2c1. The molecule has 0 spiro atoms. The maximum absolute atomic E-state index is 10.8. The van der Waals surface area contributed by atoms with E-state index in [-0.39, 0.29) is 10.6 Å². The molecule has 0 radical (unpaired) electrons. The second-order valence-corrected chi connectivity index (χ2v) is 4.34.